The molecule has 11 heteroatoms. The predicted octanol–water partition coefficient (Wildman–Crippen LogP) is 5.25. The zero-order valence-corrected chi connectivity index (χ0v) is 18.3. The lowest BCUT2D eigenvalue weighted by Gasteiger charge is -2.27. The van der Waals surface area contributed by atoms with Crippen molar-refractivity contribution in [3.05, 3.63) is 51.2 Å². The van der Waals surface area contributed by atoms with Crippen molar-refractivity contribution in [2.24, 2.45) is 0 Å². The SMILES string of the molecule is CC1(C)C(=O)N(c2ccccc2OC(F)(F)F)C(=O)N1Cc1cc(Br)nc(Br)c1. The zero-order chi connectivity index (χ0) is 21.6. The molecule has 2 aromatic rings. The maximum absolute atomic E-state index is 13.1. The summed E-state index contributed by atoms with van der Waals surface area (Å²) in [5.74, 6) is -1.29. The zero-order valence-electron chi connectivity index (χ0n) is 15.1. The fraction of sp³-hybridized carbons (Fsp3) is 0.278. The predicted molar refractivity (Wildman–Crippen MR) is 105 cm³/mol. The normalized spacial score (nSPS) is 16.5. The van der Waals surface area contributed by atoms with E-state index in [9.17, 15) is 22.8 Å². The van der Waals surface area contributed by atoms with Crippen molar-refractivity contribution in [1.29, 1.82) is 0 Å². The first-order valence-corrected chi connectivity index (χ1v) is 9.81. The number of carbonyl (C=O) groups is 2. The Morgan fingerprint density at radius 2 is 1.69 bits per heavy atom. The lowest BCUT2D eigenvalue weighted by molar-refractivity contribution is -0.274. The molecule has 1 aromatic carbocycles. The molecular weight excluding hydrogens is 523 g/mol. The summed E-state index contributed by atoms with van der Waals surface area (Å²) in [6.45, 7) is 3.12. The Kier molecular flexibility index (Phi) is 5.65. The van der Waals surface area contributed by atoms with Gasteiger partial charge in [-0.1, -0.05) is 12.1 Å². The van der Waals surface area contributed by atoms with Crippen LogP contribution in [-0.2, 0) is 11.3 Å². The van der Waals surface area contributed by atoms with Gasteiger partial charge in [0.1, 0.15) is 14.7 Å². The van der Waals surface area contributed by atoms with Gasteiger partial charge in [0.15, 0.2) is 5.75 Å². The average molecular weight is 537 g/mol. The second-order valence-electron chi connectivity index (χ2n) is 6.70. The van der Waals surface area contributed by atoms with Gasteiger partial charge < -0.3 is 9.64 Å². The van der Waals surface area contributed by atoms with Crippen LogP contribution >= 0.6 is 31.9 Å². The van der Waals surface area contributed by atoms with Crippen LogP contribution in [0, 0.1) is 0 Å². The fourth-order valence-corrected chi connectivity index (χ4v) is 4.16. The van der Waals surface area contributed by atoms with Gasteiger partial charge in [-0.15, -0.1) is 13.2 Å². The number of carbonyl (C=O) groups excluding carboxylic acids is 2. The van der Waals surface area contributed by atoms with Crippen LogP contribution in [0.1, 0.15) is 19.4 Å². The lowest BCUT2D eigenvalue weighted by Crippen LogP contribution is -2.43. The van der Waals surface area contributed by atoms with E-state index in [2.05, 4.69) is 41.6 Å². The van der Waals surface area contributed by atoms with Crippen molar-refractivity contribution in [3.8, 4) is 5.75 Å². The van der Waals surface area contributed by atoms with Gasteiger partial charge in [0.2, 0.25) is 0 Å². The van der Waals surface area contributed by atoms with Crippen LogP contribution in [0.4, 0.5) is 23.7 Å². The Bertz CT molecular complexity index is 962. The number of amides is 3. The minimum absolute atomic E-state index is 0.0517. The molecule has 0 radical (unpaired) electrons. The number of hydrogen-bond donors (Lipinski definition) is 0. The first-order valence-electron chi connectivity index (χ1n) is 8.23. The van der Waals surface area contributed by atoms with Gasteiger partial charge in [0.05, 0.1) is 5.69 Å². The van der Waals surface area contributed by atoms with E-state index in [0.717, 1.165) is 6.07 Å². The summed E-state index contributed by atoms with van der Waals surface area (Å²) in [5, 5.41) is 0. The van der Waals surface area contributed by atoms with Crippen molar-refractivity contribution >= 4 is 49.5 Å². The number of imide groups is 1. The number of para-hydroxylation sites is 2. The first kappa shape index (κ1) is 21.6. The van der Waals surface area contributed by atoms with E-state index in [4.69, 9.17) is 0 Å². The molecule has 0 aliphatic carbocycles. The summed E-state index contributed by atoms with van der Waals surface area (Å²) in [6, 6.07) is 7.65. The van der Waals surface area contributed by atoms with E-state index in [1.165, 1.54) is 36.9 Å². The average Bonchev–Trinajstić information content (AvgIpc) is 2.73. The number of rotatable bonds is 4. The van der Waals surface area contributed by atoms with E-state index in [1.54, 1.807) is 12.1 Å². The topological polar surface area (TPSA) is 62.7 Å². The Morgan fingerprint density at radius 1 is 1.10 bits per heavy atom. The van der Waals surface area contributed by atoms with Gasteiger partial charge in [-0.05, 0) is 75.5 Å². The summed E-state index contributed by atoms with van der Waals surface area (Å²) >= 11 is 6.52. The number of halogens is 5. The molecule has 3 amide bonds. The molecule has 0 N–H and O–H groups in total. The van der Waals surface area contributed by atoms with Crippen LogP contribution in [0.15, 0.2) is 45.6 Å². The molecule has 6 nitrogen and oxygen atoms in total. The number of nitrogens with zero attached hydrogens (tertiary/aromatic N) is 3. The minimum atomic E-state index is -4.97. The molecule has 1 aliphatic rings. The second kappa shape index (κ2) is 7.60. The number of benzene rings is 1. The number of anilines is 1. The number of hydrogen-bond acceptors (Lipinski definition) is 4. The highest BCUT2D eigenvalue weighted by Gasteiger charge is 2.52. The van der Waals surface area contributed by atoms with E-state index >= 15 is 0 Å². The van der Waals surface area contributed by atoms with Crippen LogP contribution in [0.3, 0.4) is 0 Å². The van der Waals surface area contributed by atoms with Gasteiger partial charge in [-0.25, -0.2) is 14.7 Å². The molecule has 1 aliphatic heterocycles. The summed E-state index contributed by atoms with van der Waals surface area (Å²) < 4.78 is 43.3. The third-order valence-electron chi connectivity index (χ3n) is 4.32. The Labute approximate surface area is 180 Å². The Balaban J connectivity index is 1.99. The molecule has 0 unspecified atom stereocenters. The third kappa shape index (κ3) is 4.40. The molecule has 154 valence electrons. The highest BCUT2D eigenvalue weighted by molar-refractivity contribution is 9.11. The molecule has 2 heterocycles. The van der Waals surface area contributed by atoms with E-state index < -0.39 is 29.6 Å². The van der Waals surface area contributed by atoms with Crippen molar-refractivity contribution in [1.82, 2.24) is 9.88 Å². The summed E-state index contributed by atoms with van der Waals surface area (Å²) in [4.78, 5) is 32.2. The molecule has 1 saturated heterocycles. The van der Waals surface area contributed by atoms with Crippen molar-refractivity contribution < 1.29 is 27.5 Å². The van der Waals surface area contributed by atoms with Crippen molar-refractivity contribution in [3.63, 3.8) is 0 Å². The van der Waals surface area contributed by atoms with Gasteiger partial charge in [0.25, 0.3) is 5.91 Å². The van der Waals surface area contributed by atoms with Gasteiger partial charge in [0, 0.05) is 6.54 Å². The van der Waals surface area contributed by atoms with Crippen LogP contribution < -0.4 is 9.64 Å². The molecular formula is C18H14Br2F3N3O3. The lowest BCUT2D eigenvalue weighted by atomic mass is 10.0. The van der Waals surface area contributed by atoms with E-state index in [-0.39, 0.29) is 12.2 Å². The molecule has 3 rings (SSSR count). The van der Waals surface area contributed by atoms with E-state index in [0.29, 0.717) is 19.7 Å². The second-order valence-corrected chi connectivity index (χ2v) is 8.33. The monoisotopic (exact) mass is 535 g/mol. The highest BCUT2D eigenvalue weighted by Crippen LogP contribution is 2.39. The van der Waals surface area contributed by atoms with Gasteiger partial charge >= 0.3 is 12.4 Å². The molecule has 1 fully saturated rings. The summed E-state index contributed by atoms with van der Waals surface area (Å²) in [6.07, 6.45) is -4.97. The number of aromatic nitrogens is 1. The Hall–Kier alpha value is -2.14. The number of pyridine rings is 1. The summed E-state index contributed by atoms with van der Waals surface area (Å²) in [7, 11) is 0. The number of ether oxygens (including phenoxy) is 1. The maximum Gasteiger partial charge on any atom is 0.573 e. The standard InChI is InChI=1S/C18H14Br2F3N3O3/c1-17(2)15(27)26(11-5-3-4-6-12(11)29-18(21,22)23)16(28)25(17)9-10-7-13(19)24-14(20)8-10/h3-8H,9H2,1-2H3. The van der Waals surface area contributed by atoms with E-state index in [1.807, 2.05) is 0 Å². The Morgan fingerprint density at radius 3 is 2.28 bits per heavy atom. The van der Waals surface area contributed by atoms with Gasteiger partial charge in [-0.3, -0.25) is 4.79 Å². The molecule has 0 bridgehead atoms. The third-order valence-corrected chi connectivity index (χ3v) is 5.13. The molecule has 0 saturated carbocycles. The first-order chi connectivity index (χ1) is 13.4. The van der Waals surface area contributed by atoms with Crippen molar-refractivity contribution in [2.45, 2.75) is 32.3 Å². The van der Waals surface area contributed by atoms with Crippen LogP contribution in [0.25, 0.3) is 0 Å². The van der Waals surface area contributed by atoms with Gasteiger partial charge in [-0.2, -0.15) is 0 Å². The fourth-order valence-electron chi connectivity index (χ4n) is 2.95. The van der Waals surface area contributed by atoms with Crippen LogP contribution in [-0.4, -0.2) is 33.7 Å². The summed E-state index contributed by atoms with van der Waals surface area (Å²) in [5.41, 5.74) is -0.882. The number of alkyl halides is 3. The van der Waals surface area contributed by atoms with Crippen LogP contribution in [0.5, 0.6) is 5.75 Å². The largest absolute Gasteiger partial charge is 0.573 e. The highest BCUT2D eigenvalue weighted by atomic mass is 79.9. The molecule has 1 aromatic heterocycles. The van der Waals surface area contributed by atoms with Crippen molar-refractivity contribution in [2.75, 3.05) is 4.90 Å². The molecule has 0 spiro atoms. The molecule has 29 heavy (non-hydrogen) atoms. The molecule has 0 atom stereocenters. The minimum Gasteiger partial charge on any atom is -0.404 e. The maximum atomic E-state index is 13.1. The smallest absolute Gasteiger partial charge is 0.404 e. The quantitative estimate of drug-likeness (QED) is 0.395. The number of urea groups is 1. The van der Waals surface area contributed by atoms with Crippen LogP contribution in [0.2, 0.25) is 0 Å².